The van der Waals surface area contributed by atoms with E-state index in [4.69, 9.17) is 0 Å². The minimum atomic E-state index is -0.450. The fourth-order valence-electron chi connectivity index (χ4n) is 2.14. The highest BCUT2D eigenvalue weighted by atomic mass is 32.2. The second-order valence-corrected chi connectivity index (χ2v) is 7.43. The molecule has 4 nitrogen and oxygen atoms in total. The monoisotopic (exact) mass is 385 g/mol. The Morgan fingerprint density at radius 2 is 1.81 bits per heavy atom. The fourth-order valence-corrected chi connectivity index (χ4v) is 3.86. The molecule has 0 unspecified atom stereocenters. The Kier molecular flexibility index (Phi) is 6.25. The third kappa shape index (κ3) is 5.06. The van der Waals surface area contributed by atoms with Gasteiger partial charge in [-0.05, 0) is 36.8 Å². The maximum absolute atomic E-state index is 13.8. The molecule has 0 saturated heterocycles. The van der Waals surface area contributed by atoms with Gasteiger partial charge in [0, 0.05) is 17.3 Å². The number of anilines is 1. The molecule has 1 aromatic heterocycles. The van der Waals surface area contributed by atoms with E-state index in [1.807, 2.05) is 37.3 Å². The lowest BCUT2D eigenvalue weighted by Crippen LogP contribution is -2.15. The summed E-state index contributed by atoms with van der Waals surface area (Å²) in [4.78, 5) is 21.9. The molecule has 3 aromatic rings. The van der Waals surface area contributed by atoms with Crippen LogP contribution in [0.25, 0.3) is 0 Å². The molecule has 0 aliphatic rings. The van der Waals surface area contributed by atoms with Crippen molar-refractivity contribution in [2.24, 2.45) is 0 Å². The van der Waals surface area contributed by atoms with Crippen LogP contribution < -0.4 is 5.32 Å². The van der Waals surface area contributed by atoms with Crippen molar-refractivity contribution < 1.29 is 9.18 Å². The van der Waals surface area contributed by atoms with Crippen molar-refractivity contribution in [1.82, 2.24) is 9.97 Å². The summed E-state index contributed by atoms with van der Waals surface area (Å²) >= 11 is 2.76. The summed E-state index contributed by atoms with van der Waals surface area (Å²) in [7, 11) is 0. The number of nitrogens with one attached hydrogen (secondary N) is 1. The number of carbonyl (C=O) groups excluding carboxylic acids is 1. The highest BCUT2D eigenvalue weighted by Gasteiger charge is 2.12. The van der Waals surface area contributed by atoms with Gasteiger partial charge in [0.15, 0.2) is 0 Å². The molecule has 0 aliphatic carbocycles. The molecule has 132 valence electrons. The molecule has 0 fully saturated rings. The van der Waals surface area contributed by atoms with Crippen molar-refractivity contribution in [3.8, 4) is 0 Å². The normalized spacial score (nSPS) is 10.5. The van der Waals surface area contributed by atoms with Gasteiger partial charge in [-0.2, -0.15) is 0 Å². The van der Waals surface area contributed by atoms with E-state index in [2.05, 4.69) is 15.3 Å². The average Bonchev–Trinajstić information content (AvgIpc) is 2.65. The van der Waals surface area contributed by atoms with Crippen LogP contribution in [0, 0.1) is 12.7 Å². The predicted molar refractivity (Wildman–Crippen MR) is 103 cm³/mol. The quantitative estimate of drug-likeness (QED) is 0.618. The van der Waals surface area contributed by atoms with Crippen LogP contribution in [0.5, 0.6) is 0 Å². The van der Waals surface area contributed by atoms with E-state index in [-0.39, 0.29) is 17.3 Å². The maximum atomic E-state index is 13.8. The van der Waals surface area contributed by atoms with Crippen LogP contribution in [0.15, 0.2) is 75.9 Å². The van der Waals surface area contributed by atoms with Crippen LogP contribution in [0.3, 0.4) is 0 Å². The zero-order valence-corrected chi connectivity index (χ0v) is 15.6. The summed E-state index contributed by atoms with van der Waals surface area (Å²) in [5.41, 5.74) is 1.07. The molecule has 1 amide bonds. The first-order valence-electron chi connectivity index (χ1n) is 7.84. The van der Waals surface area contributed by atoms with Crippen LogP contribution in [0.1, 0.15) is 5.56 Å². The Labute approximate surface area is 159 Å². The largest absolute Gasteiger partial charge is 0.323 e. The van der Waals surface area contributed by atoms with Gasteiger partial charge >= 0.3 is 0 Å². The van der Waals surface area contributed by atoms with Crippen molar-refractivity contribution in [2.45, 2.75) is 21.9 Å². The molecule has 0 radical (unpaired) electrons. The highest BCUT2D eigenvalue weighted by Crippen LogP contribution is 2.32. The summed E-state index contributed by atoms with van der Waals surface area (Å²) in [6.07, 6.45) is 3.22. The Bertz CT molecular complexity index is 906. The van der Waals surface area contributed by atoms with E-state index in [1.165, 1.54) is 29.6 Å². The number of thioether (sulfide) groups is 1. The molecule has 0 saturated carbocycles. The molecule has 0 spiro atoms. The van der Waals surface area contributed by atoms with Gasteiger partial charge in [-0.25, -0.2) is 14.4 Å². The van der Waals surface area contributed by atoms with E-state index < -0.39 is 5.82 Å². The molecule has 1 heterocycles. The third-order valence-electron chi connectivity index (χ3n) is 3.33. The first-order valence-corrected chi connectivity index (χ1v) is 9.65. The van der Waals surface area contributed by atoms with Crippen LogP contribution >= 0.6 is 23.5 Å². The molecule has 1 N–H and O–H groups in total. The number of benzene rings is 2. The first kappa shape index (κ1) is 18.4. The Balaban J connectivity index is 1.64. The standard InChI is InChI=1S/C19H16FN3OS2/c1-13-7-8-15(20)16(11-13)23-17(24)12-25-18-19(22-10-9-21-18)26-14-5-3-2-4-6-14/h2-11H,12H2,1H3,(H,23,24). The van der Waals surface area contributed by atoms with E-state index in [0.29, 0.717) is 5.03 Å². The van der Waals surface area contributed by atoms with Crippen LogP contribution in [0.2, 0.25) is 0 Å². The third-order valence-corrected chi connectivity index (χ3v) is 5.43. The van der Waals surface area contributed by atoms with Crippen molar-refractivity contribution in [2.75, 3.05) is 11.1 Å². The Morgan fingerprint density at radius 3 is 2.58 bits per heavy atom. The number of hydrogen-bond donors (Lipinski definition) is 1. The minimum absolute atomic E-state index is 0.119. The number of halogens is 1. The SMILES string of the molecule is Cc1ccc(F)c(NC(=O)CSc2nccnc2Sc2ccccc2)c1. The van der Waals surface area contributed by atoms with Crippen molar-refractivity contribution >= 4 is 35.1 Å². The molecule has 0 aliphatic heterocycles. The highest BCUT2D eigenvalue weighted by molar-refractivity contribution is 8.02. The number of nitrogens with zero attached hydrogens (tertiary/aromatic N) is 2. The Hall–Kier alpha value is -2.38. The predicted octanol–water partition coefficient (Wildman–Crippen LogP) is 4.81. The fraction of sp³-hybridized carbons (Fsp3) is 0.105. The summed E-state index contributed by atoms with van der Waals surface area (Å²) < 4.78 is 13.8. The second kappa shape index (κ2) is 8.82. The summed E-state index contributed by atoms with van der Waals surface area (Å²) in [5, 5.41) is 4.00. The van der Waals surface area contributed by atoms with Gasteiger partial charge in [-0.1, -0.05) is 47.8 Å². The molecule has 2 aromatic carbocycles. The molecular formula is C19H16FN3OS2. The van der Waals surface area contributed by atoms with Crippen molar-refractivity contribution in [1.29, 1.82) is 0 Å². The molecule has 0 bridgehead atoms. The number of aryl methyl sites for hydroxylation is 1. The van der Waals surface area contributed by atoms with E-state index >= 15 is 0 Å². The van der Waals surface area contributed by atoms with E-state index in [1.54, 1.807) is 24.5 Å². The molecule has 0 atom stereocenters. The average molecular weight is 385 g/mol. The van der Waals surface area contributed by atoms with E-state index in [9.17, 15) is 9.18 Å². The molecule has 7 heteroatoms. The van der Waals surface area contributed by atoms with Gasteiger partial charge in [-0.15, -0.1) is 0 Å². The van der Waals surface area contributed by atoms with Gasteiger partial charge < -0.3 is 5.32 Å². The molecule has 26 heavy (non-hydrogen) atoms. The smallest absolute Gasteiger partial charge is 0.234 e. The van der Waals surface area contributed by atoms with Crippen LogP contribution in [0.4, 0.5) is 10.1 Å². The topological polar surface area (TPSA) is 54.9 Å². The number of aromatic nitrogens is 2. The minimum Gasteiger partial charge on any atom is -0.323 e. The lowest BCUT2D eigenvalue weighted by Gasteiger charge is -2.08. The Morgan fingerprint density at radius 1 is 1.08 bits per heavy atom. The molecule has 3 rings (SSSR count). The number of hydrogen-bond acceptors (Lipinski definition) is 5. The molecular weight excluding hydrogens is 369 g/mol. The van der Waals surface area contributed by atoms with Gasteiger partial charge in [0.1, 0.15) is 15.9 Å². The number of rotatable bonds is 6. The lowest BCUT2D eigenvalue weighted by atomic mass is 10.2. The second-order valence-electron chi connectivity index (χ2n) is 5.40. The van der Waals surface area contributed by atoms with Gasteiger partial charge in [0.05, 0.1) is 11.4 Å². The van der Waals surface area contributed by atoms with Crippen LogP contribution in [-0.2, 0) is 4.79 Å². The van der Waals surface area contributed by atoms with E-state index in [0.717, 1.165) is 15.5 Å². The van der Waals surface area contributed by atoms with Crippen molar-refractivity contribution in [3.05, 3.63) is 72.3 Å². The lowest BCUT2D eigenvalue weighted by molar-refractivity contribution is -0.113. The zero-order chi connectivity index (χ0) is 18.4. The van der Waals surface area contributed by atoms with Gasteiger partial charge in [0.2, 0.25) is 5.91 Å². The first-order chi connectivity index (χ1) is 12.6. The summed E-state index contributed by atoms with van der Waals surface area (Å²) in [5.74, 6) is -0.622. The number of carbonyl (C=O) groups is 1. The summed E-state index contributed by atoms with van der Waals surface area (Å²) in [6, 6.07) is 14.4. The summed E-state index contributed by atoms with van der Waals surface area (Å²) in [6.45, 7) is 1.84. The van der Waals surface area contributed by atoms with Gasteiger partial charge in [0.25, 0.3) is 0 Å². The maximum Gasteiger partial charge on any atom is 0.234 e. The van der Waals surface area contributed by atoms with Crippen molar-refractivity contribution in [3.63, 3.8) is 0 Å². The number of amides is 1. The van der Waals surface area contributed by atoms with Gasteiger partial charge in [-0.3, -0.25) is 4.79 Å². The zero-order valence-electron chi connectivity index (χ0n) is 14.0. The van der Waals surface area contributed by atoms with Crippen LogP contribution in [-0.4, -0.2) is 21.6 Å².